The molecule has 2 N–H and O–H groups in total. The first-order valence-corrected chi connectivity index (χ1v) is 8.29. The van der Waals surface area contributed by atoms with Gasteiger partial charge in [0.25, 0.3) is 0 Å². The summed E-state index contributed by atoms with van der Waals surface area (Å²) in [5.74, 6) is 0.498. The van der Waals surface area contributed by atoms with E-state index in [1.807, 2.05) is 19.2 Å². The number of anilines is 1. The van der Waals surface area contributed by atoms with Crippen LogP contribution in [0.15, 0.2) is 42.6 Å². The zero-order chi connectivity index (χ0) is 17.0. The van der Waals surface area contributed by atoms with Gasteiger partial charge in [0.1, 0.15) is 17.7 Å². The molecule has 0 saturated carbocycles. The molecule has 3 rings (SSSR count). The lowest BCUT2D eigenvalue weighted by Gasteiger charge is -2.27. The topological polar surface area (TPSA) is 97.6 Å². The molecule has 0 bridgehead atoms. The van der Waals surface area contributed by atoms with Gasteiger partial charge in [0, 0.05) is 17.8 Å². The van der Waals surface area contributed by atoms with Crippen molar-refractivity contribution < 1.29 is 4.79 Å². The van der Waals surface area contributed by atoms with Crippen LogP contribution in [0.1, 0.15) is 25.3 Å². The fraction of sp³-hybridized carbons (Fsp3) is 0.267. The van der Waals surface area contributed by atoms with Crippen molar-refractivity contribution in [3.8, 4) is 5.82 Å². The summed E-state index contributed by atoms with van der Waals surface area (Å²) in [5, 5.41) is 12.6. The van der Waals surface area contributed by atoms with Crippen LogP contribution >= 0.6 is 11.3 Å². The quantitative estimate of drug-likeness (QED) is 0.742. The van der Waals surface area contributed by atoms with Gasteiger partial charge in [0.15, 0.2) is 5.82 Å². The van der Waals surface area contributed by atoms with Crippen molar-refractivity contribution in [1.82, 2.24) is 30.0 Å². The molecule has 0 saturated heterocycles. The second-order valence-corrected chi connectivity index (χ2v) is 6.21. The average molecular weight is 343 g/mol. The number of carbonyl (C=O) groups excluding carboxylic acids is 1. The lowest BCUT2D eigenvalue weighted by atomic mass is 10.0. The van der Waals surface area contributed by atoms with E-state index in [4.69, 9.17) is 0 Å². The molecule has 2 amide bonds. The van der Waals surface area contributed by atoms with Gasteiger partial charge in [-0.3, -0.25) is 0 Å². The number of urea groups is 1. The van der Waals surface area contributed by atoms with Crippen molar-refractivity contribution in [2.75, 3.05) is 5.32 Å². The summed E-state index contributed by atoms with van der Waals surface area (Å²) >= 11 is 1.52. The Kier molecular flexibility index (Phi) is 4.52. The summed E-state index contributed by atoms with van der Waals surface area (Å²) in [5.41, 5.74) is 0.00605. The smallest absolute Gasteiger partial charge is 0.320 e. The molecule has 3 aromatic rings. The highest BCUT2D eigenvalue weighted by atomic mass is 32.1. The molecule has 0 fully saturated rings. The number of hydrogen-bond donors (Lipinski definition) is 2. The predicted molar refractivity (Wildman–Crippen MR) is 91.1 cm³/mol. The zero-order valence-electron chi connectivity index (χ0n) is 13.3. The van der Waals surface area contributed by atoms with Crippen molar-refractivity contribution in [1.29, 1.82) is 0 Å². The molecule has 0 unspecified atom stereocenters. The van der Waals surface area contributed by atoms with Crippen LogP contribution in [0.2, 0.25) is 0 Å². The molecule has 9 heteroatoms. The third-order valence-electron chi connectivity index (χ3n) is 3.67. The standard InChI is InChI=1S/C15H17N7OS/c1-3-15(2,13-18-7-8-24-13)21-14(23)20-11-5-4-6-17-12(11)22-10-16-9-19-22/h4-10H,3H2,1-2H3,(H2,20,21,23)/t15-/m0/s1. The van der Waals surface area contributed by atoms with E-state index in [1.54, 1.807) is 24.5 Å². The summed E-state index contributed by atoms with van der Waals surface area (Å²) in [4.78, 5) is 25.0. The van der Waals surface area contributed by atoms with Gasteiger partial charge >= 0.3 is 6.03 Å². The molecule has 3 aromatic heterocycles. The number of carbonyl (C=O) groups is 1. The minimum Gasteiger partial charge on any atom is -0.326 e. The van der Waals surface area contributed by atoms with Crippen LogP contribution in [0.25, 0.3) is 5.82 Å². The Bertz CT molecular complexity index is 803. The molecular weight excluding hydrogens is 326 g/mol. The molecule has 124 valence electrons. The molecule has 0 spiro atoms. The minimum absolute atomic E-state index is 0.330. The lowest BCUT2D eigenvalue weighted by molar-refractivity contribution is 0.237. The minimum atomic E-state index is -0.534. The maximum Gasteiger partial charge on any atom is 0.320 e. The Morgan fingerprint density at radius 1 is 1.38 bits per heavy atom. The molecule has 0 aliphatic rings. The Morgan fingerprint density at radius 3 is 2.92 bits per heavy atom. The Labute approximate surface area is 143 Å². The van der Waals surface area contributed by atoms with Gasteiger partial charge in [0.05, 0.1) is 11.2 Å². The predicted octanol–water partition coefficient (Wildman–Crippen LogP) is 2.57. The van der Waals surface area contributed by atoms with Crippen molar-refractivity contribution in [3.05, 3.63) is 47.6 Å². The molecule has 0 aliphatic heterocycles. The normalized spacial score (nSPS) is 13.2. The first-order valence-electron chi connectivity index (χ1n) is 7.41. The second kappa shape index (κ2) is 6.75. The van der Waals surface area contributed by atoms with E-state index in [-0.39, 0.29) is 6.03 Å². The number of nitrogens with one attached hydrogen (secondary N) is 2. The fourth-order valence-electron chi connectivity index (χ4n) is 2.19. The van der Waals surface area contributed by atoms with E-state index in [2.05, 4.69) is 30.7 Å². The Hall–Kier alpha value is -2.81. The maximum absolute atomic E-state index is 12.5. The summed E-state index contributed by atoms with van der Waals surface area (Å²) in [6.45, 7) is 3.96. The van der Waals surface area contributed by atoms with Gasteiger partial charge in [0.2, 0.25) is 0 Å². The van der Waals surface area contributed by atoms with Crippen LogP contribution in [-0.2, 0) is 5.54 Å². The summed E-state index contributed by atoms with van der Waals surface area (Å²) in [7, 11) is 0. The zero-order valence-corrected chi connectivity index (χ0v) is 14.1. The van der Waals surface area contributed by atoms with Crippen LogP contribution in [0.4, 0.5) is 10.5 Å². The molecule has 24 heavy (non-hydrogen) atoms. The van der Waals surface area contributed by atoms with Gasteiger partial charge < -0.3 is 10.6 Å². The van der Waals surface area contributed by atoms with E-state index < -0.39 is 5.54 Å². The van der Waals surface area contributed by atoms with Crippen molar-refractivity contribution in [3.63, 3.8) is 0 Å². The molecule has 3 heterocycles. The van der Waals surface area contributed by atoms with Gasteiger partial charge in [-0.2, -0.15) is 5.10 Å². The maximum atomic E-state index is 12.5. The number of hydrogen-bond acceptors (Lipinski definition) is 6. The largest absolute Gasteiger partial charge is 0.326 e. The molecular formula is C15H17N7OS. The first kappa shape index (κ1) is 16.1. The molecule has 0 radical (unpaired) electrons. The number of thiazole rings is 1. The van der Waals surface area contributed by atoms with Gasteiger partial charge in [-0.25, -0.2) is 24.4 Å². The van der Waals surface area contributed by atoms with Crippen LogP contribution < -0.4 is 10.6 Å². The third kappa shape index (κ3) is 3.25. The Morgan fingerprint density at radius 2 is 2.25 bits per heavy atom. The van der Waals surface area contributed by atoms with Crippen LogP contribution in [0, 0.1) is 0 Å². The number of nitrogens with zero attached hydrogens (tertiary/aromatic N) is 5. The van der Waals surface area contributed by atoms with E-state index in [0.29, 0.717) is 11.5 Å². The molecule has 0 aliphatic carbocycles. The monoisotopic (exact) mass is 343 g/mol. The SMILES string of the molecule is CC[C@](C)(NC(=O)Nc1cccnc1-n1cncn1)c1nccs1. The summed E-state index contributed by atoms with van der Waals surface area (Å²) < 4.78 is 1.50. The fourth-order valence-corrected chi connectivity index (χ4v) is 3.02. The number of aromatic nitrogens is 5. The number of amides is 2. The summed E-state index contributed by atoms with van der Waals surface area (Å²) in [6.07, 6.45) is 7.02. The van der Waals surface area contributed by atoms with E-state index >= 15 is 0 Å². The summed E-state index contributed by atoms with van der Waals surface area (Å²) in [6, 6.07) is 3.18. The third-order valence-corrected chi connectivity index (χ3v) is 4.71. The van der Waals surface area contributed by atoms with Gasteiger partial charge in [-0.1, -0.05) is 6.92 Å². The molecule has 0 aromatic carbocycles. The highest BCUT2D eigenvalue weighted by molar-refractivity contribution is 7.09. The first-order chi connectivity index (χ1) is 11.6. The van der Waals surface area contributed by atoms with E-state index in [1.165, 1.54) is 28.7 Å². The van der Waals surface area contributed by atoms with Crippen LogP contribution in [-0.4, -0.2) is 30.8 Å². The van der Waals surface area contributed by atoms with Crippen LogP contribution in [0.5, 0.6) is 0 Å². The van der Waals surface area contributed by atoms with E-state index in [0.717, 1.165) is 11.4 Å². The molecule has 1 atom stereocenters. The van der Waals surface area contributed by atoms with Crippen molar-refractivity contribution in [2.45, 2.75) is 25.8 Å². The van der Waals surface area contributed by atoms with Gasteiger partial charge in [-0.15, -0.1) is 11.3 Å². The molecule has 8 nitrogen and oxygen atoms in total. The van der Waals surface area contributed by atoms with Crippen molar-refractivity contribution in [2.24, 2.45) is 0 Å². The highest BCUT2D eigenvalue weighted by Gasteiger charge is 2.29. The lowest BCUT2D eigenvalue weighted by Crippen LogP contribution is -2.45. The van der Waals surface area contributed by atoms with Gasteiger partial charge in [-0.05, 0) is 25.5 Å². The second-order valence-electron chi connectivity index (χ2n) is 5.32. The number of rotatable bonds is 5. The highest BCUT2D eigenvalue weighted by Crippen LogP contribution is 2.26. The van der Waals surface area contributed by atoms with Crippen LogP contribution in [0.3, 0.4) is 0 Å². The average Bonchev–Trinajstić information content (AvgIpc) is 3.29. The van der Waals surface area contributed by atoms with Crippen molar-refractivity contribution >= 4 is 23.1 Å². The number of pyridine rings is 1. The Balaban J connectivity index is 1.79. The van der Waals surface area contributed by atoms with E-state index in [9.17, 15) is 4.79 Å².